The molecule has 0 aliphatic heterocycles. The van der Waals surface area contributed by atoms with Crippen LogP contribution in [-0.4, -0.2) is 24.4 Å². The number of hydrogen-bond acceptors (Lipinski definition) is 5. The maximum atomic E-state index is 12.4. The summed E-state index contributed by atoms with van der Waals surface area (Å²) in [5.74, 6) is -0.0190. The lowest BCUT2D eigenvalue weighted by molar-refractivity contribution is -0.131. The van der Waals surface area contributed by atoms with Crippen LogP contribution in [0.2, 0.25) is 0 Å². The van der Waals surface area contributed by atoms with Crippen molar-refractivity contribution in [3.8, 4) is 11.5 Å². The summed E-state index contributed by atoms with van der Waals surface area (Å²) < 4.78 is 10.4. The van der Waals surface area contributed by atoms with Crippen LogP contribution in [0.3, 0.4) is 0 Å². The van der Waals surface area contributed by atoms with Crippen molar-refractivity contribution in [2.24, 2.45) is 0 Å². The molecule has 0 aromatic heterocycles. The first-order valence-electron chi connectivity index (χ1n) is 9.59. The van der Waals surface area contributed by atoms with E-state index >= 15 is 0 Å². The molecule has 0 saturated carbocycles. The number of aryl methyl sites for hydroxylation is 1. The van der Waals surface area contributed by atoms with E-state index < -0.39 is 5.97 Å². The summed E-state index contributed by atoms with van der Waals surface area (Å²) in [5, 5.41) is 5.60. The molecular weight excluding hydrogens is 396 g/mol. The van der Waals surface area contributed by atoms with Gasteiger partial charge in [-0.2, -0.15) is 0 Å². The molecule has 158 valence electrons. The van der Waals surface area contributed by atoms with Gasteiger partial charge in [0.15, 0.2) is 6.61 Å². The quantitative estimate of drug-likeness (QED) is 0.443. The average Bonchev–Trinajstić information content (AvgIpc) is 2.75. The van der Waals surface area contributed by atoms with Gasteiger partial charge in [-0.25, -0.2) is 0 Å². The van der Waals surface area contributed by atoms with Gasteiger partial charge in [-0.15, -0.1) is 0 Å². The first kappa shape index (κ1) is 21.6. The van der Waals surface area contributed by atoms with Crippen LogP contribution in [0.5, 0.6) is 11.5 Å². The highest BCUT2D eigenvalue weighted by molar-refractivity contribution is 6.04. The highest BCUT2D eigenvalue weighted by Crippen LogP contribution is 2.21. The molecule has 0 bridgehead atoms. The molecule has 0 heterocycles. The fourth-order valence-corrected chi connectivity index (χ4v) is 2.78. The van der Waals surface area contributed by atoms with Crippen LogP contribution in [0.25, 0.3) is 0 Å². The Hall–Kier alpha value is -4.13. The largest absolute Gasteiger partial charge is 0.484 e. The molecule has 0 unspecified atom stereocenters. The van der Waals surface area contributed by atoms with Crippen molar-refractivity contribution < 1.29 is 23.9 Å². The van der Waals surface area contributed by atoms with E-state index in [4.69, 9.17) is 9.47 Å². The van der Waals surface area contributed by atoms with Gasteiger partial charge in [0.1, 0.15) is 11.5 Å². The summed E-state index contributed by atoms with van der Waals surface area (Å²) in [7, 11) is 0. The molecule has 0 aliphatic carbocycles. The van der Waals surface area contributed by atoms with Gasteiger partial charge in [-0.05, 0) is 67.1 Å². The zero-order valence-corrected chi connectivity index (χ0v) is 17.2. The van der Waals surface area contributed by atoms with E-state index in [0.29, 0.717) is 28.4 Å². The maximum absolute atomic E-state index is 12.4. The zero-order chi connectivity index (χ0) is 22.2. The highest BCUT2D eigenvalue weighted by atomic mass is 16.5. The van der Waals surface area contributed by atoms with Crippen molar-refractivity contribution in [3.63, 3.8) is 0 Å². The Morgan fingerprint density at radius 1 is 0.839 bits per heavy atom. The fraction of sp³-hybridized carbons (Fsp3) is 0.125. The van der Waals surface area contributed by atoms with Crippen LogP contribution in [0, 0.1) is 6.92 Å². The van der Waals surface area contributed by atoms with Gasteiger partial charge in [0, 0.05) is 23.9 Å². The number of carbonyl (C=O) groups excluding carboxylic acids is 3. The monoisotopic (exact) mass is 418 g/mol. The van der Waals surface area contributed by atoms with E-state index in [2.05, 4.69) is 10.6 Å². The van der Waals surface area contributed by atoms with E-state index in [0.717, 1.165) is 5.56 Å². The van der Waals surface area contributed by atoms with Gasteiger partial charge in [0.2, 0.25) is 0 Å². The summed E-state index contributed by atoms with van der Waals surface area (Å²) in [6.45, 7) is 3.04. The van der Waals surface area contributed by atoms with Crippen LogP contribution in [0.1, 0.15) is 22.8 Å². The summed E-state index contributed by atoms with van der Waals surface area (Å²) in [6.07, 6.45) is 0. The molecule has 0 aliphatic rings. The molecule has 0 fully saturated rings. The Balaban J connectivity index is 1.56. The Morgan fingerprint density at radius 3 is 2.19 bits per heavy atom. The van der Waals surface area contributed by atoms with Crippen molar-refractivity contribution in [2.45, 2.75) is 13.8 Å². The second-order valence-corrected chi connectivity index (χ2v) is 6.75. The van der Waals surface area contributed by atoms with Gasteiger partial charge >= 0.3 is 5.97 Å². The molecule has 0 radical (unpaired) electrons. The zero-order valence-electron chi connectivity index (χ0n) is 17.2. The third-order valence-electron chi connectivity index (χ3n) is 4.25. The molecular formula is C24H22N2O5. The minimum Gasteiger partial charge on any atom is -0.484 e. The number of para-hydroxylation sites is 1. The summed E-state index contributed by atoms with van der Waals surface area (Å²) in [5.41, 5.74) is 2.43. The molecule has 2 amide bonds. The Morgan fingerprint density at radius 2 is 1.55 bits per heavy atom. The van der Waals surface area contributed by atoms with Gasteiger partial charge in [0.05, 0.1) is 0 Å². The molecule has 3 aromatic carbocycles. The van der Waals surface area contributed by atoms with Gasteiger partial charge in [-0.1, -0.05) is 18.2 Å². The second kappa shape index (κ2) is 10.1. The number of nitrogens with one attached hydrogen (secondary N) is 2. The number of anilines is 2. The third-order valence-corrected chi connectivity index (χ3v) is 4.25. The molecule has 3 rings (SSSR count). The fourth-order valence-electron chi connectivity index (χ4n) is 2.78. The topological polar surface area (TPSA) is 93.7 Å². The van der Waals surface area contributed by atoms with Crippen molar-refractivity contribution in [2.75, 3.05) is 17.2 Å². The summed E-state index contributed by atoms with van der Waals surface area (Å²) >= 11 is 0. The summed E-state index contributed by atoms with van der Waals surface area (Å²) in [6, 6.07) is 20.5. The van der Waals surface area contributed by atoms with E-state index in [-0.39, 0.29) is 18.4 Å². The van der Waals surface area contributed by atoms with Crippen LogP contribution < -0.4 is 20.1 Å². The molecule has 7 heteroatoms. The van der Waals surface area contributed by atoms with E-state index in [9.17, 15) is 14.4 Å². The van der Waals surface area contributed by atoms with Crippen molar-refractivity contribution in [1.29, 1.82) is 0 Å². The lowest BCUT2D eigenvalue weighted by atomic mass is 10.1. The second-order valence-electron chi connectivity index (χ2n) is 6.75. The van der Waals surface area contributed by atoms with Crippen LogP contribution in [0.15, 0.2) is 72.8 Å². The minimum absolute atomic E-state index is 0.106. The van der Waals surface area contributed by atoms with E-state index in [1.54, 1.807) is 54.6 Å². The van der Waals surface area contributed by atoms with Crippen molar-refractivity contribution in [3.05, 3.63) is 83.9 Å². The first-order valence-corrected chi connectivity index (χ1v) is 9.59. The van der Waals surface area contributed by atoms with Crippen molar-refractivity contribution in [1.82, 2.24) is 0 Å². The predicted molar refractivity (Wildman–Crippen MR) is 117 cm³/mol. The number of carbonyl (C=O) groups is 3. The first-order chi connectivity index (χ1) is 14.9. The predicted octanol–water partition coefficient (Wildman–Crippen LogP) is 4.19. The minimum atomic E-state index is -0.425. The molecule has 2 N–H and O–H groups in total. The standard InChI is InChI=1S/C24H22N2O5/c1-16-14-19(25-24(29)18-8-11-21(12-9-18)31-17(2)27)10-13-22(16)26-23(28)15-30-20-6-4-3-5-7-20/h3-14H,15H2,1-2H3,(H,25,29)(H,26,28). The normalized spacial score (nSPS) is 10.1. The Bertz CT molecular complexity index is 1080. The molecule has 3 aromatic rings. The van der Waals surface area contributed by atoms with E-state index in [1.165, 1.54) is 6.92 Å². The maximum Gasteiger partial charge on any atom is 0.308 e. The van der Waals surface area contributed by atoms with Gasteiger partial charge < -0.3 is 20.1 Å². The number of rotatable bonds is 7. The Kier molecular flexibility index (Phi) is 7.01. The smallest absolute Gasteiger partial charge is 0.308 e. The Labute approximate surface area is 180 Å². The number of amides is 2. The SMILES string of the molecule is CC(=O)Oc1ccc(C(=O)Nc2ccc(NC(=O)COc3ccccc3)c(C)c2)cc1. The van der Waals surface area contributed by atoms with Gasteiger partial charge in [-0.3, -0.25) is 14.4 Å². The average molecular weight is 418 g/mol. The number of ether oxygens (including phenoxy) is 2. The number of esters is 1. The number of benzene rings is 3. The molecule has 0 atom stereocenters. The van der Waals surface area contributed by atoms with Crippen LogP contribution in [0.4, 0.5) is 11.4 Å². The summed E-state index contributed by atoms with van der Waals surface area (Å²) in [4.78, 5) is 35.5. The van der Waals surface area contributed by atoms with Crippen molar-refractivity contribution >= 4 is 29.2 Å². The lowest BCUT2D eigenvalue weighted by Crippen LogP contribution is -2.20. The molecule has 0 spiro atoms. The molecule has 7 nitrogen and oxygen atoms in total. The molecule has 0 saturated heterocycles. The van der Waals surface area contributed by atoms with Crippen LogP contribution in [-0.2, 0) is 9.59 Å². The highest BCUT2D eigenvalue weighted by Gasteiger charge is 2.10. The number of hydrogen-bond donors (Lipinski definition) is 2. The third kappa shape index (κ3) is 6.43. The van der Waals surface area contributed by atoms with Gasteiger partial charge in [0.25, 0.3) is 11.8 Å². The molecule has 31 heavy (non-hydrogen) atoms. The van der Waals surface area contributed by atoms with Crippen LogP contribution >= 0.6 is 0 Å². The van der Waals surface area contributed by atoms with E-state index in [1.807, 2.05) is 25.1 Å². The lowest BCUT2D eigenvalue weighted by Gasteiger charge is -2.12.